The Bertz CT molecular complexity index is 1410. The van der Waals surface area contributed by atoms with Crippen molar-refractivity contribution in [3.8, 4) is 0 Å². The largest absolute Gasteiger partial charge is 0.469 e. The molecule has 0 saturated heterocycles. The number of methoxy groups -OCH3 is 1. The van der Waals surface area contributed by atoms with E-state index in [1.807, 2.05) is 0 Å². The van der Waals surface area contributed by atoms with Crippen molar-refractivity contribution in [3.05, 3.63) is 0 Å². The first kappa shape index (κ1) is 59.0. The van der Waals surface area contributed by atoms with E-state index in [1.165, 1.54) is 13.8 Å². The molecule has 0 amide bonds. The molecule has 4 unspecified atom stereocenters. The van der Waals surface area contributed by atoms with Crippen LogP contribution in [0, 0.1) is 22.7 Å². The molecule has 29 heteroatoms. The van der Waals surface area contributed by atoms with E-state index in [1.54, 1.807) is 0 Å². The number of alkyl halides is 17. The van der Waals surface area contributed by atoms with Gasteiger partial charge in [-0.05, 0) is 40.0 Å². The van der Waals surface area contributed by atoms with E-state index < -0.39 is 140 Å². The maximum atomic E-state index is 14.6. The van der Waals surface area contributed by atoms with E-state index >= 15 is 0 Å². The van der Waals surface area contributed by atoms with E-state index in [0.717, 1.165) is 39.6 Å². The van der Waals surface area contributed by atoms with Crippen LogP contribution in [0.1, 0.15) is 53.9 Å². The number of aliphatic hydroxyl groups excluding tert-OH is 1. The van der Waals surface area contributed by atoms with Crippen molar-refractivity contribution in [2.75, 3.05) is 38.4 Å². The molecule has 0 aliphatic rings. The predicted molar refractivity (Wildman–Crippen MR) is 166 cm³/mol. The first-order valence-electron chi connectivity index (χ1n) is 16.4. The lowest BCUT2D eigenvalue weighted by atomic mass is 9.72. The molecule has 0 aromatic heterocycles. The average Bonchev–Trinajstić information content (AvgIpc) is 3.13. The van der Waals surface area contributed by atoms with Crippen LogP contribution >= 0.6 is 11.8 Å². The van der Waals surface area contributed by atoms with Gasteiger partial charge >= 0.3 is 72.0 Å². The highest BCUT2D eigenvalue weighted by Crippen LogP contribution is 2.63. The van der Waals surface area contributed by atoms with Crippen molar-refractivity contribution in [2.24, 2.45) is 22.7 Å². The summed E-state index contributed by atoms with van der Waals surface area (Å²) in [6.45, 7) is 2.38. The Kier molecular flexibility index (Phi) is 21.4. The van der Waals surface area contributed by atoms with Gasteiger partial charge in [0.2, 0.25) is 0 Å². The Hall–Kier alpha value is -3.14. The van der Waals surface area contributed by atoms with Gasteiger partial charge in [-0.25, -0.2) is 8.78 Å². The Morgan fingerprint density at radius 1 is 0.683 bits per heavy atom. The third kappa shape index (κ3) is 13.4. The van der Waals surface area contributed by atoms with Gasteiger partial charge in [0, 0.05) is 14.9 Å². The zero-order chi connectivity index (χ0) is 48.3. The summed E-state index contributed by atoms with van der Waals surface area (Å²) < 4.78 is 267. The summed E-state index contributed by atoms with van der Waals surface area (Å²) in [6.07, 6.45) is -18.2. The van der Waals surface area contributed by atoms with Crippen LogP contribution in [0.2, 0.25) is 0 Å². The van der Waals surface area contributed by atoms with E-state index in [4.69, 9.17) is 18.6 Å². The molecule has 0 aliphatic carbocycles. The first-order chi connectivity index (χ1) is 26.8. The second-order valence-corrected chi connectivity index (χ2v) is 14.7. The van der Waals surface area contributed by atoms with Crippen molar-refractivity contribution in [1.82, 2.24) is 0 Å². The Morgan fingerprint density at radius 3 is 1.55 bits per heavy atom. The van der Waals surface area contributed by atoms with Crippen LogP contribution in [-0.2, 0) is 38.1 Å². The third-order valence-electron chi connectivity index (χ3n) is 8.46. The number of hydrogen-bond donors (Lipinski definition) is 1. The van der Waals surface area contributed by atoms with Crippen LogP contribution in [0.4, 0.5) is 83.8 Å². The van der Waals surface area contributed by atoms with Gasteiger partial charge in [-0.2, -0.15) is 65.9 Å². The fourth-order valence-corrected chi connectivity index (χ4v) is 5.64. The molecule has 356 valence electrons. The maximum Gasteiger partial charge on any atom is 0.397 e. The van der Waals surface area contributed by atoms with Gasteiger partial charge in [-0.1, -0.05) is 13.8 Å². The van der Waals surface area contributed by atoms with Crippen molar-refractivity contribution < 1.29 is 127 Å². The lowest BCUT2D eigenvalue weighted by molar-refractivity contribution is -0.442. The molecule has 60 heavy (non-hydrogen) atoms. The fourth-order valence-electron chi connectivity index (χ4n) is 4.79. The molecule has 0 aromatic rings. The van der Waals surface area contributed by atoms with Crippen LogP contribution in [0.5, 0.6) is 0 Å². The van der Waals surface area contributed by atoms with Crippen molar-refractivity contribution in [1.29, 1.82) is 0 Å². The van der Waals surface area contributed by atoms with Gasteiger partial charge in [0.05, 0.1) is 36.2 Å². The minimum atomic E-state index is -8.58. The number of carbonyl (C=O) groups excluding carboxylic acids is 4. The lowest BCUT2D eigenvalue weighted by Crippen LogP contribution is -2.73. The van der Waals surface area contributed by atoms with Gasteiger partial charge in [0.1, 0.15) is 25.2 Å². The Labute approximate surface area is 332 Å². The van der Waals surface area contributed by atoms with E-state index in [-0.39, 0.29) is 11.5 Å². The van der Waals surface area contributed by atoms with Gasteiger partial charge < -0.3 is 24.1 Å². The second kappa shape index (κ2) is 21.8. The smallest absolute Gasteiger partial charge is 0.397 e. The van der Waals surface area contributed by atoms with Crippen molar-refractivity contribution in [2.45, 2.75) is 108 Å². The molecular formula is C31H39F19O9S. The highest BCUT2D eigenvalue weighted by molar-refractivity contribution is 7.99. The van der Waals surface area contributed by atoms with E-state index in [0.29, 0.717) is 0 Å². The summed E-state index contributed by atoms with van der Waals surface area (Å²) in [5, 5.41) is 10.0. The Morgan fingerprint density at radius 2 is 1.13 bits per heavy atom. The zero-order valence-corrected chi connectivity index (χ0v) is 32.6. The second-order valence-electron chi connectivity index (χ2n) is 13.7. The molecule has 0 aliphatic heterocycles. The SMILES string of the molecule is CCC(C)(CC(C)(C)C(=O)OCC(O)COC(=O)CSCC(C)C(=O)OC)C(=O)OCCC(C(F)(F)F)C(F)(F)C(F)(F)C(F)(F)C(F)(F)C(F)(F)C(F)(F)C(F)F.FF. The quantitative estimate of drug-likeness (QED) is 0.0570. The zero-order valence-electron chi connectivity index (χ0n) is 31.8. The average molecular weight is 949 g/mol. The minimum absolute atomic E-state index is 0.184. The highest BCUT2D eigenvalue weighted by atomic mass is 32.2. The number of aliphatic hydroxyl groups is 1. The van der Waals surface area contributed by atoms with Gasteiger partial charge in [-0.15, -0.1) is 11.8 Å². The summed E-state index contributed by atoms with van der Waals surface area (Å²) >= 11 is 1.00. The Balaban J connectivity index is 0. The van der Waals surface area contributed by atoms with E-state index in [9.17, 15) is 98.9 Å². The maximum absolute atomic E-state index is 14.6. The topological polar surface area (TPSA) is 125 Å². The molecule has 0 aromatic carbocycles. The summed E-state index contributed by atoms with van der Waals surface area (Å²) in [4.78, 5) is 48.9. The molecular weight excluding hydrogens is 909 g/mol. The third-order valence-corrected chi connectivity index (χ3v) is 9.63. The summed E-state index contributed by atoms with van der Waals surface area (Å²) in [5.41, 5.74) is -3.78. The fraction of sp³-hybridized carbons (Fsp3) is 0.871. The van der Waals surface area contributed by atoms with Crippen LogP contribution in [0.15, 0.2) is 0 Å². The number of esters is 4. The highest BCUT2D eigenvalue weighted by Gasteiger charge is 2.92. The molecule has 0 saturated carbocycles. The minimum Gasteiger partial charge on any atom is -0.469 e. The number of rotatable bonds is 24. The van der Waals surface area contributed by atoms with Gasteiger partial charge in [0.15, 0.2) is 0 Å². The first-order valence-corrected chi connectivity index (χ1v) is 17.5. The van der Waals surface area contributed by atoms with E-state index in [2.05, 4.69) is 9.47 Å². The van der Waals surface area contributed by atoms with Crippen LogP contribution in [-0.4, -0.2) is 122 Å². The van der Waals surface area contributed by atoms with Crippen LogP contribution < -0.4 is 0 Å². The number of thioether (sulfide) groups is 1. The molecule has 9 nitrogen and oxygen atoms in total. The number of ether oxygens (including phenoxy) is 4. The monoisotopic (exact) mass is 948 g/mol. The van der Waals surface area contributed by atoms with Crippen molar-refractivity contribution in [3.63, 3.8) is 0 Å². The molecule has 0 spiro atoms. The predicted octanol–water partition coefficient (Wildman–Crippen LogP) is 8.84. The van der Waals surface area contributed by atoms with Gasteiger partial charge in [0.25, 0.3) is 0 Å². The standard InChI is InChI=1S/C31H39F17O9S.F2/c1-7-24(5,14-23(3,4)21(52)57-11-16(49)10-56-18(50)13-58-12-15(2)19(51)54-6)22(53)55-9-8-17(27(38,39)40)25(34,35)28(41,42)30(45,46)31(47,48)29(43,44)26(36,37)20(32)33;1-2/h15-17,20,49H,7-14H2,1-6H3;. The molecule has 0 fully saturated rings. The molecule has 1 N–H and O–H groups in total. The molecule has 0 rings (SSSR count). The number of carbonyl (C=O) groups is 4. The molecule has 0 bridgehead atoms. The summed E-state index contributed by atoms with van der Waals surface area (Å²) in [7, 11) is 1.16. The molecule has 0 radical (unpaired) electrons. The van der Waals surface area contributed by atoms with Gasteiger partial charge in [-0.3, -0.25) is 19.2 Å². The lowest BCUT2D eigenvalue weighted by Gasteiger charge is -2.43. The molecule has 4 atom stereocenters. The normalized spacial score (nSPS) is 16.1. The summed E-state index contributed by atoms with van der Waals surface area (Å²) in [5.74, 6) is -59.0. The molecule has 0 heterocycles. The number of hydrogen-bond acceptors (Lipinski definition) is 10. The van der Waals surface area contributed by atoms with Crippen LogP contribution in [0.25, 0.3) is 0 Å². The number of halogens is 19. The van der Waals surface area contributed by atoms with Crippen LogP contribution in [0.3, 0.4) is 0 Å². The van der Waals surface area contributed by atoms with Crippen molar-refractivity contribution >= 4 is 35.6 Å². The summed E-state index contributed by atoms with van der Waals surface area (Å²) in [6, 6.07) is 0.